The number of likely N-dealkylation sites (N-methyl/N-ethyl adjacent to an activating group) is 1. The lowest BCUT2D eigenvalue weighted by molar-refractivity contribution is -0.143. The quantitative estimate of drug-likeness (QED) is 0.875. The van der Waals surface area contributed by atoms with Crippen LogP contribution in [0.25, 0.3) is 0 Å². The fourth-order valence-electron chi connectivity index (χ4n) is 2.72. The molecule has 1 aromatic heterocycles. The second kappa shape index (κ2) is 7.10. The van der Waals surface area contributed by atoms with Crippen LogP contribution in [0.15, 0.2) is 6.20 Å². The molecule has 2 rings (SSSR count). The smallest absolute Gasteiger partial charge is 0.341 e. The first-order chi connectivity index (χ1) is 11.3. The van der Waals surface area contributed by atoms with Crippen LogP contribution in [0.5, 0.6) is 0 Å². The molecular formula is C14H20F3N5O2. The van der Waals surface area contributed by atoms with E-state index in [0.29, 0.717) is 19.5 Å². The molecule has 1 saturated heterocycles. The third-order valence-electron chi connectivity index (χ3n) is 3.87. The molecular weight excluding hydrogens is 327 g/mol. The number of alkyl halides is 3. The van der Waals surface area contributed by atoms with Gasteiger partial charge in [0, 0.05) is 19.6 Å². The summed E-state index contributed by atoms with van der Waals surface area (Å²) in [5.74, 6) is -0.223. The Hall–Kier alpha value is -2.26. The van der Waals surface area contributed by atoms with Crippen molar-refractivity contribution in [3.8, 4) is 0 Å². The van der Waals surface area contributed by atoms with Gasteiger partial charge >= 0.3 is 12.2 Å². The van der Waals surface area contributed by atoms with Crippen LogP contribution >= 0.6 is 0 Å². The van der Waals surface area contributed by atoms with Gasteiger partial charge in [0.15, 0.2) is 5.69 Å². The van der Waals surface area contributed by atoms with Gasteiger partial charge in [-0.25, -0.2) is 4.79 Å². The summed E-state index contributed by atoms with van der Waals surface area (Å²) in [6.45, 7) is 4.52. The van der Waals surface area contributed by atoms with Crippen LogP contribution < -0.4 is 10.6 Å². The van der Waals surface area contributed by atoms with Crippen molar-refractivity contribution in [3.63, 3.8) is 0 Å². The summed E-state index contributed by atoms with van der Waals surface area (Å²) in [6.07, 6.45) is -2.50. The monoisotopic (exact) mass is 347 g/mol. The van der Waals surface area contributed by atoms with Crippen molar-refractivity contribution in [2.75, 3.05) is 18.4 Å². The predicted octanol–water partition coefficient (Wildman–Crippen LogP) is 2.05. The van der Waals surface area contributed by atoms with Crippen LogP contribution in [-0.4, -0.2) is 45.8 Å². The summed E-state index contributed by atoms with van der Waals surface area (Å²) in [7, 11) is 0. The average Bonchev–Trinajstić information content (AvgIpc) is 2.92. The zero-order chi connectivity index (χ0) is 17.9. The van der Waals surface area contributed by atoms with E-state index in [-0.39, 0.29) is 12.5 Å². The van der Waals surface area contributed by atoms with Crippen molar-refractivity contribution < 1.29 is 22.8 Å². The summed E-state index contributed by atoms with van der Waals surface area (Å²) in [5.41, 5.74) is -1.46. The van der Waals surface area contributed by atoms with Gasteiger partial charge in [0.2, 0.25) is 5.91 Å². The van der Waals surface area contributed by atoms with Crippen molar-refractivity contribution in [1.82, 2.24) is 20.0 Å². The van der Waals surface area contributed by atoms with Crippen molar-refractivity contribution in [2.45, 2.75) is 45.5 Å². The van der Waals surface area contributed by atoms with E-state index < -0.39 is 29.6 Å². The van der Waals surface area contributed by atoms with Crippen LogP contribution in [0.3, 0.4) is 0 Å². The van der Waals surface area contributed by atoms with Crippen LogP contribution in [-0.2, 0) is 17.5 Å². The Morgan fingerprint density at radius 3 is 2.67 bits per heavy atom. The van der Waals surface area contributed by atoms with E-state index in [1.54, 1.807) is 4.90 Å². The van der Waals surface area contributed by atoms with Gasteiger partial charge in [-0.3, -0.25) is 9.48 Å². The standard InChI is InChI=1S/C14H20F3N5O2/c1-3-21-7-5-6-9(12(21)23)19-13(24)20-10-8-18-22(4-2)11(10)14(15,16)17/h8-9H,3-7H2,1-2H3,(H2,19,20,24). The highest BCUT2D eigenvalue weighted by Crippen LogP contribution is 2.34. The molecule has 7 nitrogen and oxygen atoms in total. The molecule has 10 heteroatoms. The second-order valence-electron chi connectivity index (χ2n) is 5.43. The highest BCUT2D eigenvalue weighted by Gasteiger charge is 2.39. The van der Waals surface area contributed by atoms with Crippen LogP contribution in [0.4, 0.5) is 23.7 Å². The van der Waals surface area contributed by atoms with E-state index in [4.69, 9.17) is 0 Å². The summed E-state index contributed by atoms with van der Waals surface area (Å²) >= 11 is 0. The molecule has 24 heavy (non-hydrogen) atoms. The number of rotatable bonds is 4. The third-order valence-corrected chi connectivity index (χ3v) is 3.87. The van der Waals surface area contributed by atoms with Crippen molar-refractivity contribution in [1.29, 1.82) is 0 Å². The molecule has 3 amide bonds. The Kier molecular flexibility index (Phi) is 5.35. The first kappa shape index (κ1) is 18.1. The maximum absolute atomic E-state index is 13.1. The zero-order valence-electron chi connectivity index (χ0n) is 13.5. The van der Waals surface area contributed by atoms with Crippen molar-refractivity contribution in [2.24, 2.45) is 0 Å². The highest BCUT2D eigenvalue weighted by molar-refractivity contribution is 5.94. The molecule has 1 aliphatic heterocycles. The number of anilines is 1. The lowest BCUT2D eigenvalue weighted by Gasteiger charge is -2.31. The van der Waals surface area contributed by atoms with Gasteiger partial charge in [-0.05, 0) is 26.7 Å². The number of nitrogens with zero attached hydrogens (tertiary/aromatic N) is 3. The molecule has 134 valence electrons. The number of aromatic nitrogens is 2. The number of aryl methyl sites for hydroxylation is 1. The Morgan fingerprint density at radius 2 is 2.08 bits per heavy atom. The molecule has 1 fully saturated rings. The summed E-state index contributed by atoms with van der Waals surface area (Å²) in [4.78, 5) is 25.7. The Labute approximate surface area is 137 Å². The van der Waals surface area contributed by atoms with E-state index in [0.717, 1.165) is 17.3 Å². The molecule has 2 heterocycles. The maximum Gasteiger partial charge on any atom is 0.435 e. The normalized spacial score (nSPS) is 18.6. The molecule has 0 spiro atoms. The van der Waals surface area contributed by atoms with Gasteiger partial charge in [-0.1, -0.05) is 0 Å². The number of halogens is 3. The Bertz CT molecular complexity index is 614. The SMILES string of the molecule is CCN1CCCC(NC(=O)Nc2cnn(CC)c2C(F)(F)F)C1=O. The second-order valence-corrected chi connectivity index (χ2v) is 5.43. The molecule has 2 N–H and O–H groups in total. The van der Waals surface area contributed by atoms with E-state index in [2.05, 4.69) is 15.7 Å². The molecule has 0 aromatic carbocycles. The average molecular weight is 347 g/mol. The number of hydrogen-bond donors (Lipinski definition) is 2. The topological polar surface area (TPSA) is 79.3 Å². The fraction of sp³-hybridized carbons (Fsp3) is 0.643. The molecule has 0 radical (unpaired) electrons. The first-order valence-electron chi connectivity index (χ1n) is 7.77. The van der Waals surface area contributed by atoms with Gasteiger partial charge in [0.1, 0.15) is 6.04 Å². The van der Waals surface area contributed by atoms with E-state index in [9.17, 15) is 22.8 Å². The molecule has 0 saturated carbocycles. The summed E-state index contributed by atoms with van der Waals surface area (Å²) in [5, 5.41) is 8.21. The number of piperidine rings is 1. The first-order valence-corrected chi connectivity index (χ1v) is 7.77. The van der Waals surface area contributed by atoms with Gasteiger partial charge < -0.3 is 15.5 Å². The Morgan fingerprint density at radius 1 is 1.38 bits per heavy atom. The van der Waals surface area contributed by atoms with Crippen LogP contribution in [0.1, 0.15) is 32.4 Å². The van der Waals surface area contributed by atoms with Crippen molar-refractivity contribution >= 4 is 17.6 Å². The number of carbonyl (C=O) groups is 2. The predicted molar refractivity (Wildman–Crippen MR) is 80.3 cm³/mol. The van der Waals surface area contributed by atoms with E-state index in [1.807, 2.05) is 6.92 Å². The van der Waals surface area contributed by atoms with Gasteiger partial charge in [-0.15, -0.1) is 0 Å². The number of amides is 3. The number of hydrogen-bond acceptors (Lipinski definition) is 3. The van der Waals surface area contributed by atoms with E-state index >= 15 is 0 Å². The number of urea groups is 1. The van der Waals surface area contributed by atoms with E-state index in [1.165, 1.54) is 6.92 Å². The number of carbonyl (C=O) groups excluding carboxylic acids is 2. The minimum Gasteiger partial charge on any atom is -0.341 e. The fourth-order valence-corrected chi connectivity index (χ4v) is 2.72. The summed E-state index contributed by atoms with van der Waals surface area (Å²) < 4.78 is 40.1. The molecule has 1 atom stereocenters. The van der Waals surface area contributed by atoms with Gasteiger partial charge in [-0.2, -0.15) is 18.3 Å². The largest absolute Gasteiger partial charge is 0.435 e. The van der Waals surface area contributed by atoms with Crippen LogP contribution in [0, 0.1) is 0 Å². The molecule has 0 bridgehead atoms. The third kappa shape index (κ3) is 3.80. The van der Waals surface area contributed by atoms with Crippen LogP contribution in [0.2, 0.25) is 0 Å². The lowest BCUT2D eigenvalue weighted by Crippen LogP contribution is -2.53. The van der Waals surface area contributed by atoms with Gasteiger partial charge in [0.05, 0.1) is 11.9 Å². The highest BCUT2D eigenvalue weighted by atomic mass is 19.4. The molecule has 1 unspecified atom stereocenters. The van der Waals surface area contributed by atoms with Crippen molar-refractivity contribution in [3.05, 3.63) is 11.9 Å². The number of likely N-dealkylation sites (tertiary alicyclic amines) is 1. The Balaban J connectivity index is 2.08. The number of nitrogens with one attached hydrogen (secondary N) is 2. The summed E-state index contributed by atoms with van der Waals surface area (Å²) in [6, 6.07) is -1.58. The molecule has 1 aromatic rings. The molecule has 1 aliphatic rings. The van der Waals surface area contributed by atoms with Gasteiger partial charge in [0.25, 0.3) is 0 Å². The maximum atomic E-state index is 13.1. The molecule has 0 aliphatic carbocycles. The zero-order valence-corrected chi connectivity index (χ0v) is 13.5. The minimum absolute atomic E-state index is 0.0186. The minimum atomic E-state index is -4.64. The lowest BCUT2D eigenvalue weighted by atomic mass is 10.1.